The van der Waals surface area contributed by atoms with Crippen molar-refractivity contribution in [2.24, 2.45) is 0 Å². The summed E-state index contributed by atoms with van der Waals surface area (Å²) < 4.78 is 108. The average Bonchev–Trinajstić information content (AvgIpc) is 3.93. The van der Waals surface area contributed by atoms with Gasteiger partial charge in [-0.15, -0.1) is 22.7 Å². The number of aryl methyl sites for hydroxylation is 8. The van der Waals surface area contributed by atoms with Crippen LogP contribution in [-0.2, 0) is 0 Å². The molecule has 1 aliphatic rings. The standard InChI is InChI=1S/C59H52BF6NO2S2/c1-33-27-35(3)55(36(4)28-33)60(56-37(5)29-34(2)30-38(56)6)43-15-11-41(12-16-43)51-31-49(39(7)70-51)53-54(58(63,64)59(65,66)57(53,61)62)50-32-52(71-40(50)8)42-13-17-44(18-14-42)67(45-19-23-47(68-9)24-20-45)46-21-25-48(69-10)26-22-46/h11-32H,1-10H3. The number of methoxy groups -OCH3 is 2. The average molecular weight is 996 g/mol. The van der Waals surface area contributed by atoms with Crippen LogP contribution in [0.15, 0.2) is 133 Å². The number of rotatable bonds is 12. The van der Waals surface area contributed by atoms with Crippen LogP contribution < -0.4 is 30.8 Å². The van der Waals surface area contributed by atoms with E-state index in [1.807, 2.05) is 89.8 Å². The second kappa shape index (κ2) is 18.6. The van der Waals surface area contributed by atoms with E-state index in [0.29, 0.717) is 32.4 Å². The van der Waals surface area contributed by atoms with E-state index in [1.165, 1.54) is 48.0 Å². The molecule has 12 heteroatoms. The Morgan fingerprint density at radius 3 is 1.10 bits per heavy atom. The number of ether oxygens (including phenoxy) is 2. The zero-order valence-electron chi connectivity index (χ0n) is 41.1. The maximum atomic E-state index is 16.4. The van der Waals surface area contributed by atoms with E-state index < -0.39 is 28.9 Å². The summed E-state index contributed by atoms with van der Waals surface area (Å²) in [6, 6.07) is 41.6. The summed E-state index contributed by atoms with van der Waals surface area (Å²) in [6.07, 6.45) is 0. The van der Waals surface area contributed by atoms with Gasteiger partial charge in [0.2, 0.25) is 6.71 Å². The van der Waals surface area contributed by atoms with E-state index in [1.54, 1.807) is 26.4 Å². The van der Waals surface area contributed by atoms with E-state index in [9.17, 15) is 0 Å². The molecule has 8 aromatic rings. The number of hydrogen-bond acceptors (Lipinski definition) is 5. The summed E-state index contributed by atoms with van der Waals surface area (Å²) in [5, 5.41) is 0. The Morgan fingerprint density at radius 1 is 0.437 bits per heavy atom. The Bertz CT molecular complexity index is 3190. The van der Waals surface area contributed by atoms with Crippen LogP contribution in [0.1, 0.15) is 54.3 Å². The minimum absolute atomic E-state index is 0.120. The van der Waals surface area contributed by atoms with Gasteiger partial charge in [0.25, 0.3) is 0 Å². The van der Waals surface area contributed by atoms with Gasteiger partial charge in [-0.2, -0.15) is 26.3 Å². The molecule has 1 aliphatic carbocycles. The largest absolute Gasteiger partial charge is 0.497 e. The second-order valence-corrected chi connectivity index (χ2v) is 21.1. The third kappa shape index (κ3) is 8.56. The molecule has 0 saturated heterocycles. The van der Waals surface area contributed by atoms with Crippen molar-refractivity contribution in [2.75, 3.05) is 19.1 Å². The first-order valence-corrected chi connectivity index (χ1v) is 24.8. The smallest absolute Gasteiger partial charge is 0.380 e. The van der Waals surface area contributed by atoms with Crippen molar-refractivity contribution in [3.63, 3.8) is 0 Å². The lowest BCUT2D eigenvalue weighted by atomic mass is 9.34. The van der Waals surface area contributed by atoms with E-state index in [2.05, 4.69) is 65.8 Å². The Morgan fingerprint density at radius 2 is 0.761 bits per heavy atom. The monoisotopic (exact) mass is 995 g/mol. The number of alkyl halides is 6. The van der Waals surface area contributed by atoms with Gasteiger partial charge in [-0.05, 0) is 150 Å². The van der Waals surface area contributed by atoms with Gasteiger partial charge in [0.15, 0.2) is 0 Å². The Labute approximate surface area is 420 Å². The highest BCUT2D eigenvalue weighted by atomic mass is 32.1. The minimum Gasteiger partial charge on any atom is -0.497 e. The predicted molar refractivity (Wildman–Crippen MR) is 284 cm³/mol. The Balaban J connectivity index is 1.10. The molecule has 0 fully saturated rings. The molecule has 2 heterocycles. The first-order valence-electron chi connectivity index (χ1n) is 23.2. The minimum atomic E-state index is -5.70. The SMILES string of the molecule is COc1ccc(N(c2ccc(OC)cc2)c2ccc(-c3cc(C4=C(c5cc(-c6ccc(B(c7c(C)cc(C)cc7C)c7c(C)cc(C)cc7C)cc6)sc5C)C(F)(F)C(F)(F)C4(F)F)c(C)s3)cc2)cc1. The quantitative estimate of drug-likeness (QED) is 0.0899. The van der Waals surface area contributed by atoms with Crippen LogP contribution in [0.2, 0.25) is 0 Å². The fraction of sp³-hybridized carbons (Fsp3) is 0.220. The molecule has 0 amide bonds. The second-order valence-electron chi connectivity index (χ2n) is 18.6. The third-order valence-electron chi connectivity index (χ3n) is 13.7. The predicted octanol–water partition coefficient (Wildman–Crippen LogP) is 15.4. The highest BCUT2D eigenvalue weighted by Crippen LogP contribution is 2.66. The van der Waals surface area contributed by atoms with Crippen LogP contribution in [0.25, 0.3) is 32.0 Å². The first-order chi connectivity index (χ1) is 33.7. The summed E-state index contributed by atoms with van der Waals surface area (Å²) in [6.45, 7) is 15.6. The van der Waals surface area contributed by atoms with Crippen LogP contribution >= 0.6 is 22.7 Å². The highest BCUT2D eigenvalue weighted by Gasteiger charge is 2.80. The molecule has 71 heavy (non-hydrogen) atoms. The van der Waals surface area contributed by atoms with Gasteiger partial charge < -0.3 is 14.4 Å². The van der Waals surface area contributed by atoms with Crippen LogP contribution in [0.5, 0.6) is 11.5 Å². The fourth-order valence-electron chi connectivity index (χ4n) is 10.5. The summed E-state index contributed by atoms with van der Waals surface area (Å²) in [5.41, 5.74) is 10.7. The van der Waals surface area contributed by atoms with Crippen LogP contribution in [0.3, 0.4) is 0 Å². The van der Waals surface area contributed by atoms with Crippen LogP contribution in [-0.4, -0.2) is 38.7 Å². The van der Waals surface area contributed by atoms with Crippen molar-refractivity contribution >= 4 is 74.0 Å². The molecule has 0 N–H and O–H groups in total. The zero-order valence-corrected chi connectivity index (χ0v) is 42.8. The van der Waals surface area contributed by atoms with Crippen molar-refractivity contribution in [1.29, 1.82) is 0 Å². The molecule has 2 aromatic heterocycles. The normalized spacial score (nSPS) is 14.8. The van der Waals surface area contributed by atoms with Crippen LogP contribution in [0, 0.1) is 55.4 Å². The summed E-state index contributed by atoms with van der Waals surface area (Å²) >= 11 is 2.19. The van der Waals surface area contributed by atoms with Crippen LogP contribution in [0.4, 0.5) is 43.4 Å². The molecule has 362 valence electrons. The van der Waals surface area contributed by atoms with E-state index in [4.69, 9.17) is 9.47 Å². The van der Waals surface area contributed by atoms with E-state index in [0.717, 1.165) is 67.5 Å². The lowest BCUT2D eigenvalue weighted by Crippen LogP contribution is -2.55. The van der Waals surface area contributed by atoms with Crippen molar-refractivity contribution in [1.82, 2.24) is 0 Å². The first kappa shape index (κ1) is 49.5. The Kier molecular flexibility index (Phi) is 13.0. The van der Waals surface area contributed by atoms with Gasteiger partial charge >= 0.3 is 17.8 Å². The number of thiophene rings is 2. The molecule has 0 aliphatic heterocycles. The van der Waals surface area contributed by atoms with Gasteiger partial charge in [-0.3, -0.25) is 0 Å². The number of hydrogen-bond donors (Lipinski definition) is 0. The topological polar surface area (TPSA) is 21.7 Å². The molecule has 9 rings (SSSR count). The summed E-state index contributed by atoms with van der Waals surface area (Å²) in [5.74, 6) is -14.7. The molecule has 0 bridgehead atoms. The fourth-order valence-corrected chi connectivity index (χ4v) is 12.5. The molecule has 0 radical (unpaired) electrons. The maximum absolute atomic E-state index is 16.4. The molecule has 0 spiro atoms. The number of benzene rings is 6. The molecular formula is C59H52BF6NO2S2. The zero-order chi connectivity index (χ0) is 50.9. The molecular weight excluding hydrogens is 944 g/mol. The van der Waals surface area contributed by atoms with Gasteiger partial charge in [0.1, 0.15) is 11.5 Å². The Hall–Kier alpha value is -6.50. The van der Waals surface area contributed by atoms with E-state index in [-0.39, 0.29) is 27.6 Å². The molecule has 3 nitrogen and oxygen atoms in total. The molecule has 0 atom stereocenters. The number of halogens is 6. The van der Waals surface area contributed by atoms with Gasteiger partial charge in [0, 0.05) is 47.7 Å². The summed E-state index contributed by atoms with van der Waals surface area (Å²) in [4.78, 5) is 3.39. The van der Waals surface area contributed by atoms with E-state index >= 15 is 26.3 Å². The highest BCUT2D eigenvalue weighted by molar-refractivity contribution is 7.16. The lowest BCUT2D eigenvalue weighted by Gasteiger charge is -2.26. The van der Waals surface area contributed by atoms with Crippen molar-refractivity contribution < 1.29 is 35.8 Å². The van der Waals surface area contributed by atoms with Crippen molar-refractivity contribution in [3.8, 4) is 32.4 Å². The van der Waals surface area contributed by atoms with Gasteiger partial charge in [0.05, 0.1) is 14.2 Å². The molecule has 6 aromatic carbocycles. The van der Waals surface area contributed by atoms with Crippen molar-refractivity contribution in [2.45, 2.75) is 73.2 Å². The van der Waals surface area contributed by atoms with Gasteiger partial charge in [-0.1, -0.05) is 110 Å². The number of allylic oxidation sites excluding steroid dienone is 2. The number of nitrogens with zero attached hydrogens (tertiary/aromatic N) is 1. The summed E-state index contributed by atoms with van der Waals surface area (Å²) in [7, 11) is 3.18. The van der Waals surface area contributed by atoms with Gasteiger partial charge in [-0.25, -0.2) is 0 Å². The number of anilines is 3. The molecule has 0 saturated carbocycles. The van der Waals surface area contributed by atoms with Crippen molar-refractivity contribution in [3.05, 3.63) is 188 Å². The maximum Gasteiger partial charge on any atom is 0.380 e. The lowest BCUT2D eigenvalue weighted by molar-refractivity contribution is -0.254. The third-order valence-corrected chi connectivity index (χ3v) is 15.9. The molecule has 0 unspecified atom stereocenters.